The molecule has 7 heteroatoms. The highest BCUT2D eigenvalue weighted by atomic mass is 16.6. The summed E-state index contributed by atoms with van der Waals surface area (Å²) in [4.78, 5) is 35.1. The molecule has 1 aromatic rings. The monoisotopic (exact) mass is 363 g/mol. The molecule has 0 spiro atoms. The quantitative estimate of drug-likeness (QED) is 0.694. The molecule has 1 aromatic carbocycles. The Kier molecular flexibility index (Phi) is 8.09. The van der Waals surface area contributed by atoms with Gasteiger partial charge < -0.3 is 20.7 Å². The predicted molar refractivity (Wildman–Crippen MR) is 101 cm³/mol. The zero-order valence-corrected chi connectivity index (χ0v) is 16.1. The standard InChI is InChI=1S/C19H29N3O4/c1-13(2)17(24)21-12-14-7-6-8-15(11-14)22-16(23)9-10-20-18(25)26-19(3,4)5/h6-8,11,13H,9-10,12H2,1-5H3,(H,20,25)(H,21,24)(H,22,23). The number of carbonyl (C=O) groups is 3. The van der Waals surface area contributed by atoms with Gasteiger partial charge in [0.05, 0.1) is 0 Å². The fourth-order valence-corrected chi connectivity index (χ4v) is 1.97. The highest BCUT2D eigenvalue weighted by Gasteiger charge is 2.16. The summed E-state index contributed by atoms with van der Waals surface area (Å²) in [5.74, 6) is -0.313. The lowest BCUT2D eigenvalue weighted by atomic mass is 10.1. The van der Waals surface area contributed by atoms with Crippen LogP contribution in [0.15, 0.2) is 24.3 Å². The van der Waals surface area contributed by atoms with Gasteiger partial charge in [-0.2, -0.15) is 0 Å². The Morgan fingerprint density at radius 3 is 2.42 bits per heavy atom. The third-order valence-electron chi connectivity index (χ3n) is 3.22. The van der Waals surface area contributed by atoms with Gasteiger partial charge in [-0.3, -0.25) is 9.59 Å². The largest absolute Gasteiger partial charge is 0.444 e. The van der Waals surface area contributed by atoms with Crippen LogP contribution in [0.3, 0.4) is 0 Å². The molecule has 0 saturated heterocycles. The van der Waals surface area contributed by atoms with Crippen LogP contribution in [0, 0.1) is 5.92 Å². The minimum absolute atomic E-state index is 0.0207. The first kappa shape index (κ1) is 21.5. The molecule has 0 bridgehead atoms. The number of amides is 3. The van der Waals surface area contributed by atoms with E-state index in [0.29, 0.717) is 12.2 Å². The Bertz CT molecular complexity index is 636. The van der Waals surface area contributed by atoms with E-state index in [2.05, 4.69) is 16.0 Å². The van der Waals surface area contributed by atoms with Gasteiger partial charge in [-0.15, -0.1) is 0 Å². The number of nitrogens with one attached hydrogen (secondary N) is 3. The first-order valence-electron chi connectivity index (χ1n) is 8.70. The molecule has 0 atom stereocenters. The van der Waals surface area contributed by atoms with Gasteiger partial charge in [0.25, 0.3) is 0 Å². The van der Waals surface area contributed by atoms with E-state index < -0.39 is 11.7 Å². The third-order valence-corrected chi connectivity index (χ3v) is 3.22. The number of anilines is 1. The molecule has 0 aliphatic heterocycles. The third kappa shape index (κ3) is 9.05. The van der Waals surface area contributed by atoms with Gasteiger partial charge >= 0.3 is 6.09 Å². The fraction of sp³-hybridized carbons (Fsp3) is 0.526. The minimum atomic E-state index is -0.572. The number of alkyl carbamates (subject to hydrolysis) is 1. The van der Waals surface area contributed by atoms with Crippen molar-refractivity contribution in [1.29, 1.82) is 0 Å². The maximum absolute atomic E-state index is 12.0. The van der Waals surface area contributed by atoms with Crippen LogP contribution in [0.25, 0.3) is 0 Å². The van der Waals surface area contributed by atoms with Crippen LogP contribution >= 0.6 is 0 Å². The molecule has 7 nitrogen and oxygen atoms in total. The van der Waals surface area contributed by atoms with Crippen molar-refractivity contribution in [3.8, 4) is 0 Å². The predicted octanol–water partition coefficient (Wildman–Crippen LogP) is 2.81. The van der Waals surface area contributed by atoms with Crippen LogP contribution < -0.4 is 16.0 Å². The summed E-state index contributed by atoms with van der Waals surface area (Å²) in [6, 6.07) is 7.26. The summed E-state index contributed by atoms with van der Waals surface area (Å²) in [7, 11) is 0. The number of carbonyl (C=O) groups excluding carboxylic acids is 3. The highest BCUT2D eigenvalue weighted by Crippen LogP contribution is 2.11. The van der Waals surface area contributed by atoms with Crippen LogP contribution in [0.2, 0.25) is 0 Å². The van der Waals surface area contributed by atoms with Crippen molar-refractivity contribution in [2.45, 2.75) is 53.2 Å². The summed E-state index contributed by atoms with van der Waals surface area (Å²) in [5, 5.41) is 8.14. The molecule has 0 aliphatic rings. The molecule has 0 heterocycles. The molecule has 0 unspecified atom stereocenters. The van der Waals surface area contributed by atoms with Gasteiger partial charge in [0.15, 0.2) is 0 Å². The summed E-state index contributed by atoms with van der Waals surface area (Å²) in [5.41, 5.74) is 0.963. The second kappa shape index (κ2) is 9.79. The van der Waals surface area contributed by atoms with Gasteiger partial charge in [0.2, 0.25) is 11.8 Å². The van der Waals surface area contributed by atoms with E-state index in [1.165, 1.54) is 0 Å². The number of benzene rings is 1. The van der Waals surface area contributed by atoms with Crippen molar-refractivity contribution in [2.24, 2.45) is 5.92 Å². The van der Waals surface area contributed by atoms with Crippen LogP contribution in [0.1, 0.15) is 46.6 Å². The number of rotatable bonds is 7. The van der Waals surface area contributed by atoms with Crippen molar-refractivity contribution >= 4 is 23.6 Å². The number of hydrogen-bond acceptors (Lipinski definition) is 4. The normalized spacial score (nSPS) is 11.0. The summed E-state index contributed by atoms with van der Waals surface area (Å²) in [6.07, 6.45) is -0.415. The zero-order valence-electron chi connectivity index (χ0n) is 16.1. The van der Waals surface area contributed by atoms with E-state index in [1.54, 1.807) is 32.9 Å². The van der Waals surface area contributed by atoms with E-state index in [-0.39, 0.29) is 30.7 Å². The summed E-state index contributed by atoms with van der Waals surface area (Å²) >= 11 is 0. The van der Waals surface area contributed by atoms with Gasteiger partial charge in [0.1, 0.15) is 5.60 Å². The lowest BCUT2D eigenvalue weighted by Crippen LogP contribution is -2.34. The first-order valence-corrected chi connectivity index (χ1v) is 8.70. The Labute approximate surface area is 154 Å². The van der Waals surface area contributed by atoms with Crippen molar-refractivity contribution in [2.75, 3.05) is 11.9 Å². The van der Waals surface area contributed by atoms with E-state index >= 15 is 0 Å². The molecular weight excluding hydrogens is 334 g/mol. The molecule has 0 radical (unpaired) electrons. The Hall–Kier alpha value is -2.57. The molecule has 26 heavy (non-hydrogen) atoms. The van der Waals surface area contributed by atoms with Crippen molar-refractivity contribution in [3.63, 3.8) is 0 Å². The smallest absolute Gasteiger partial charge is 0.407 e. The van der Waals surface area contributed by atoms with E-state index in [4.69, 9.17) is 4.74 Å². The molecule has 0 fully saturated rings. The van der Waals surface area contributed by atoms with Crippen LogP contribution in [-0.4, -0.2) is 30.1 Å². The number of ether oxygens (including phenoxy) is 1. The zero-order chi connectivity index (χ0) is 19.7. The molecular formula is C19H29N3O4. The summed E-state index contributed by atoms with van der Waals surface area (Å²) < 4.78 is 5.10. The van der Waals surface area contributed by atoms with Gasteiger partial charge in [-0.25, -0.2) is 4.79 Å². The molecule has 3 N–H and O–H groups in total. The second-order valence-electron chi connectivity index (χ2n) is 7.30. The number of hydrogen-bond donors (Lipinski definition) is 3. The maximum atomic E-state index is 12.0. The summed E-state index contributed by atoms with van der Waals surface area (Å²) in [6.45, 7) is 9.57. The SMILES string of the molecule is CC(C)C(=O)NCc1cccc(NC(=O)CCNC(=O)OC(C)(C)C)c1. The fourth-order valence-electron chi connectivity index (χ4n) is 1.97. The van der Waals surface area contributed by atoms with Crippen LogP contribution in [-0.2, 0) is 20.9 Å². The van der Waals surface area contributed by atoms with Gasteiger partial charge in [-0.05, 0) is 38.5 Å². The molecule has 144 valence electrons. The second-order valence-corrected chi connectivity index (χ2v) is 7.30. The molecule has 1 rings (SSSR count). The lowest BCUT2D eigenvalue weighted by molar-refractivity contribution is -0.124. The average Bonchev–Trinajstić information content (AvgIpc) is 2.51. The lowest BCUT2D eigenvalue weighted by Gasteiger charge is -2.19. The molecule has 0 aromatic heterocycles. The average molecular weight is 363 g/mol. The van der Waals surface area contributed by atoms with Crippen molar-refractivity contribution in [1.82, 2.24) is 10.6 Å². The topological polar surface area (TPSA) is 96.5 Å². The maximum Gasteiger partial charge on any atom is 0.407 e. The Balaban J connectivity index is 2.41. The van der Waals surface area contributed by atoms with Gasteiger partial charge in [0, 0.05) is 31.1 Å². The Morgan fingerprint density at radius 1 is 1.12 bits per heavy atom. The van der Waals surface area contributed by atoms with E-state index in [1.807, 2.05) is 26.0 Å². The van der Waals surface area contributed by atoms with Crippen LogP contribution in [0.4, 0.5) is 10.5 Å². The molecule has 0 saturated carbocycles. The Morgan fingerprint density at radius 2 is 1.81 bits per heavy atom. The minimum Gasteiger partial charge on any atom is -0.444 e. The van der Waals surface area contributed by atoms with Crippen LogP contribution in [0.5, 0.6) is 0 Å². The van der Waals surface area contributed by atoms with Gasteiger partial charge in [-0.1, -0.05) is 26.0 Å². The van der Waals surface area contributed by atoms with E-state index in [9.17, 15) is 14.4 Å². The molecule has 3 amide bonds. The van der Waals surface area contributed by atoms with E-state index in [0.717, 1.165) is 5.56 Å². The van der Waals surface area contributed by atoms with Crippen molar-refractivity contribution < 1.29 is 19.1 Å². The van der Waals surface area contributed by atoms with Crippen molar-refractivity contribution in [3.05, 3.63) is 29.8 Å². The first-order chi connectivity index (χ1) is 12.1. The highest BCUT2D eigenvalue weighted by molar-refractivity contribution is 5.91. The molecule has 0 aliphatic carbocycles.